The highest BCUT2D eigenvalue weighted by Gasteiger charge is 2.17. The molecule has 160 valence electrons. The van der Waals surface area contributed by atoms with Crippen LogP contribution in [0.2, 0.25) is 0 Å². The van der Waals surface area contributed by atoms with Gasteiger partial charge in [0.15, 0.2) is 0 Å². The molecule has 0 aromatic heterocycles. The molecular formula is C24H31N3O3. The van der Waals surface area contributed by atoms with Gasteiger partial charge in [0.1, 0.15) is 5.75 Å². The summed E-state index contributed by atoms with van der Waals surface area (Å²) in [6, 6.07) is 14.7. The van der Waals surface area contributed by atoms with Gasteiger partial charge in [0.05, 0.1) is 13.2 Å². The highest BCUT2D eigenvalue weighted by molar-refractivity contribution is 5.96. The van der Waals surface area contributed by atoms with E-state index in [0.717, 1.165) is 50.2 Å². The first-order valence-electron chi connectivity index (χ1n) is 10.8. The third-order valence-electron chi connectivity index (χ3n) is 5.13. The maximum atomic E-state index is 12.5. The van der Waals surface area contributed by atoms with Crippen molar-refractivity contribution in [3.8, 4) is 5.75 Å². The lowest BCUT2D eigenvalue weighted by atomic mass is 10.1. The molecule has 1 aliphatic heterocycles. The molecule has 2 aromatic carbocycles. The molecule has 30 heavy (non-hydrogen) atoms. The van der Waals surface area contributed by atoms with Crippen LogP contribution in [0, 0.1) is 0 Å². The second kappa shape index (κ2) is 11.2. The van der Waals surface area contributed by atoms with Gasteiger partial charge in [-0.25, -0.2) is 0 Å². The van der Waals surface area contributed by atoms with Crippen LogP contribution in [0.5, 0.6) is 5.75 Å². The summed E-state index contributed by atoms with van der Waals surface area (Å²) in [4.78, 5) is 26.6. The van der Waals surface area contributed by atoms with Gasteiger partial charge in [-0.15, -0.1) is 0 Å². The molecule has 0 radical (unpaired) electrons. The predicted octanol–water partition coefficient (Wildman–Crippen LogP) is 4.54. The standard InChI is InChI=1S/C24H31N3O3/c1-2-3-17-30-22-13-11-20(12-14-22)25-18-23(28)26-21-9-7-19(8-10-21)24(29)27-15-5-4-6-16-27/h7-14,25H,2-6,15-18H2,1H3,(H,26,28). The summed E-state index contributed by atoms with van der Waals surface area (Å²) in [6.07, 6.45) is 5.47. The van der Waals surface area contributed by atoms with Crippen molar-refractivity contribution in [2.24, 2.45) is 0 Å². The number of hydrogen-bond donors (Lipinski definition) is 2. The highest BCUT2D eigenvalue weighted by atomic mass is 16.5. The summed E-state index contributed by atoms with van der Waals surface area (Å²) in [5.41, 5.74) is 2.20. The van der Waals surface area contributed by atoms with E-state index >= 15 is 0 Å². The van der Waals surface area contributed by atoms with Gasteiger partial charge < -0.3 is 20.3 Å². The van der Waals surface area contributed by atoms with E-state index in [2.05, 4.69) is 17.6 Å². The molecular weight excluding hydrogens is 378 g/mol. The molecule has 2 amide bonds. The quantitative estimate of drug-likeness (QED) is 0.597. The number of rotatable bonds is 9. The number of amides is 2. The molecule has 1 aliphatic rings. The van der Waals surface area contributed by atoms with E-state index < -0.39 is 0 Å². The maximum Gasteiger partial charge on any atom is 0.253 e. The number of carbonyl (C=O) groups is 2. The lowest BCUT2D eigenvalue weighted by Crippen LogP contribution is -2.35. The Bertz CT molecular complexity index is 813. The molecule has 0 bridgehead atoms. The van der Waals surface area contributed by atoms with E-state index in [1.165, 1.54) is 6.42 Å². The summed E-state index contributed by atoms with van der Waals surface area (Å²) < 4.78 is 5.64. The van der Waals surface area contributed by atoms with Crippen LogP contribution in [-0.4, -0.2) is 43.0 Å². The number of hydrogen-bond acceptors (Lipinski definition) is 4. The van der Waals surface area contributed by atoms with Crippen LogP contribution < -0.4 is 15.4 Å². The van der Waals surface area contributed by atoms with Crippen LogP contribution in [0.4, 0.5) is 11.4 Å². The van der Waals surface area contributed by atoms with Gasteiger partial charge >= 0.3 is 0 Å². The van der Waals surface area contributed by atoms with Gasteiger partial charge in [0.25, 0.3) is 5.91 Å². The van der Waals surface area contributed by atoms with Gasteiger partial charge in [0, 0.05) is 30.0 Å². The average molecular weight is 410 g/mol. The minimum absolute atomic E-state index is 0.0661. The molecule has 1 fully saturated rings. The van der Waals surface area contributed by atoms with Crippen molar-refractivity contribution in [2.45, 2.75) is 39.0 Å². The molecule has 0 saturated carbocycles. The molecule has 6 heteroatoms. The number of nitrogens with zero attached hydrogens (tertiary/aromatic N) is 1. The number of anilines is 2. The molecule has 6 nitrogen and oxygen atoms in total. The Morgan fingerprint density at radius 3 is 2.27 bits per heavy atom. The zero-order chi connectivity index (χ0) is 21.2. The van der Waals surface area contributed by atoms with Crippen LogP contribution in [0.3, 0.4) is 0 Å². The fraction of sp³-hybridized carbons (Fsp3) is 0.417. The number of benzene rings is 2. The monoisotopic (exact) mass is 409 g/mol. The molecule has 2 N–H and O–H groups in total. The molecule has 3 rings (SSSR count). The number of likely N-dealkylation sites (tertiary alicyclic amines) is 1. The van der Waals surface area contributed by atoms with E-state index in [1.54, 1.807) is 24.3 Å². The first-order valence-corrected chi connectivity index (χ1v) is 10.8. The minimum atomic E-state index is -0.145. The molecule has 1 heterocycles. The fourth-order valence-electron chi connectivity index (χ4n) is 3.37. The smallest absolute Gasteiger partial charge is 0.253 e. The summed E-state index contributed by atoms with van der Waals surface area (Å²) in [5.74, 6) is 0.752. The Hall–Kier alpha value is -3.02. The maximum absolute atomic E-state index is 12.5. The number of ether oxygens (including phenoxy) is 1. The summed E-state index contributed by atoms with van der Waals surface area (Å²) in [7, 11) is 0. The Morgan fingerprint density at radius 2 is 1.60 bits per heavy atom. The Kier molecular flexibility index (Phi) is 8.12. The van der Waals surface area contributed by atoms with Gasteiger partial charge in [-0.3, -0.25) is 9.59 Å². The van der Waals surface area contributed by atoms with E-state index in [4.69, 9.17) is 4.74 Å². The third kappa shape index (κ3) is 6.51. The van der Waals surface area contributed by atoms with E-state index in [0.29, 0.717) is 17.9 Å². The second-order valence-corrected chi connectivity index (χ2v) is 7.56. The normalized spacial score (nSPS) is 13.6. The zero-order valence-corrected chi connectivity index (χ0v) is 17.7. The highest BCUT2D eigenvalue weighted by Crippen LogP contribution is 2.17. The van der Waals surface area contributed by atoms with Crippen molar-refractivity contribution in [2.75, 3.05) is 36.9 Å². The van der Waals surface area contributed by atoms with Crippen molar-refractivity contribution in [3.05, 3.63) is 54.1 Å². The zero-order valence-electron chi connectivity index (χ0n) is 17.7. The molecule has 1 saturated heterocycles. The van der Waals surface area contributed by atoms with Crippen molar-refractivity contribution >= 4 is 23.2 Å². The summed E-state index contributed by atoms with van der Waals surface area (Å²) >= 11 is 0. The fourth-order valence-corrected chi connectivity index (χ4v) is 3.37. The largest absolute Gasteiger partial charge is 0.494 e. The Morgan fingerprint density at radius 1 is 0.933 bits per heavy atom. The van der Waals surface area contributed by atoms with Gasteiger partial charge in [-0.1, -0.05) is 13.3 Å². The van der Waals surface area contributed by atoms with Gasteiger partial charge in [-0.05, 0) is 74.2 Å². The van der Waals surface area contributed by atoms with Crippen LogP contribution in [-0.2, 0) is 4.79 Å². The summed E-state index contributed by atoms with van der Waals surface area (Å²) in [5, 5.41) is 5.96. The predicted molar refractivity (Wildman–Crippen MR) is 120 cm³/mol. The van der Waals surface area contributed by atoms with Crippen molar-refractivity contribution in [3.63, 3.8) is 0 Å². The lowest BCUT2D eigenvalue weighted by molar-refractivity contribution is -0.114. The van der Waals surface area contributed by atoms with Crippen LogP contribution in [0.1, 0.15) is 49.4 Å². The number of nitrogens with one attached hydrogen (secondary N) is 2. The van der Waals surface area contributed by atoms with Crippen molar-refractivity contribution in [1.29, 1.82) is 0 Å². The third-order valence-corrected chi connectivity index (χ3v) is 5.13. The van der Waals surface area contributed by atoms with Crippen LogP contribution in [0.25, 0.3) is 0 Å². The van der Waals surface area contributed by atoms with E-state index in [1.807, 2.05) is 29.2 Å². The van der Waals surface area contributed by atoms with E-state index in [-0.39, 0.29) is 18.4 Å². The molecule has 0 spiro atoms. The topological polar surface area (TPSA) is 70.7 Å². The van der Waals surface area contributed by atoms with Crippen molar-refractivity contribution in [1.82, 2.24) is 4.90 Å². The second-order valence-electron chi connectivity index (χ2n) is 7.56. The summed E-state index contributed by atoms with van der Waals surface area (Å²) in [6.45, 7) is 4.66. The van der Waals surface area contributed by atoms with Gasteiger partial charge in [0.2, 0.25) is 5.91 Å². The molecule has 2 aromatic rings. The first kappa shape index (κ1) is 21.7. The number of unbranched alkanes of at least 4 members (excludes halogenated alkanes) is 1. The van der Waals surface area contributed by atoms with Gasteiger partial charge in [-0.2, -0.15) is 0 Å². The molecule has 0 aliphatic carbocycles. The van der Waals surface area contributed by atoms with Crippen LogP contribution in [0.15, 0.2) is 48.5 Å². The lowest BCUT2D eigenvalue weighted by Gasteiger charge is -2.26. The van der Waals surface area contributed by atoms with Crippen molar-refractivity contribution < 1.29 is 14.3 Å². The number of piperidine rings is 1. The Labute approximate surface area is 178 Å². The van der Waals surface area contributed by atoms with Crippen LogP contribution >= 0.6 is 0 Å². The minimum Gasteiger partial charge on any atom is -0.494 e. The first-order chi connectivity index (χ1) is 14.7. The SMILES string of the molecule is CCCCOc1ccc(NCC(=O)Nc2ccc(C(=O)N3CCCCC3)cc2)cc1. The molecule has 0 unspecified atom stereocenters. The number of carbonyl (C=O) groups excluding carboxylic acids is 2. The molecule has 0 atom stereocenters. The van der Waals surface area contributed by atoms with E-state index in [9.17, 15) is 9.59 Å². The Balaban J connectivity index is 1.43. The average Bonchev–Trinajstić information content (AvgIpc) is 2.79.